The first-order chi connectivity index (χ1) is 22.4. The zero-order valence-corrected chi connectivity index (χ0v) is 26.0. The molecule has 4 fully saturated rings. The number of H-pyrrole nitrogens is 1. The summed E-state index contributed by atoms with van der Waals surface area (Å²) in [4.78, 5) is 56.6. The molecule has 24 heteroatoms. The molecule has 2 saturated carbocycles. The molecule has 8 rings (SSSR count). The zero-order chi connectivity index (χ0) is 33.0. The van der Waals surface area contributed by atoms with E-state index in [4.69, 9.17) is 39.0 Å². The average Bonchev–Trinajstić information content (AvgIpc) is 3.46. The van der Waals surface area contributed by atoms with Crippen molar-refractivity contribution in [3.05, 3.63) is 29.3 Å². The molecule has 0 amide bonds. The number of hydrogen-bond donors (Lipinski definition) is 6. The monoisotopic (exact) mass is 698 g/mol. The Balaban J connectivity index is 1.07. The minimum atomic E-state index is -4.98. The van der Waals surface area contributed by atoms with Gasteiger partial charge in [0.15, 0.2) is 28.9 Å². The lowest BCUT2D eigenvalue weighted by Crippen LogP contribution is -2.37. The summed E-state index contributed by atoms with van der Waals surface area (Å²) in [6, 6.07) is -0.613. The maximum absolute atomic E-state index is 13.6. The number of phosphoric acid groups is 2. The Labute approximate surface area is 262 Å². The molecule has 4 aliphatic rings. The number of methoxy groups -OCH3 is 1. The molecule has 4 aromatic rings. The van der Waals surface area contributed by atoms with Crippen LogP contribution < -0.4 is 17.0 Å². The minimum Gasteiger partial charge on any atom is -0.394 e. The van der Waals surface area contributed by atoms with E-state index in [-0.39, 0.29) is 28.8 Å². The number of nitrogen functional groups attached to an aromatic ring is 2. The summed E-state index contributed by atoms with van der Waals surface area (Å²) < 4.78 is 62.6. The van der Waals surface area contributed by atoms with Crippen LogP contribution in [0.15, 0.2) is 23.8 Å². The lowest BCUT2D eigenvalue weighted by Gasteiger charge is -2.27. The van der Waals surface area contributed by atoms with Crippen molar-refractivity contribution in [3.63, 3.8) is 0 Å². The third-order valence-corrected chi connectivity index (χ3v) is 11.2. The highest BCUT2D eigenvalue weighted by molar-refractivity contribution is 7.47. The summed E-state index contributed by atoms with van der Waals surface area (Å²) in [6.07, 6.45) is -2.43. The first-order valence-electron chi connectivity index (χ1n) is 14.2. The first kappa shape index (κ1) is 30.9. The highest BCUT2D eigenvalue weighted by Gasteiger charge is 2.77. The van der Waals surface area contributed by atoms with Crippen molar-refractivity contribution in [1.29, 1.82) is 0 Å². The highest BCUT2D eigenvalue weighted by Crippen LogP contribution is 2.76. The van der Waals surface area contributed by atoms with Crippen molar-refractivity contribution < 1.29 is 51.6 Å². The van der Waals surface area contributed by atoms with E-state index in [2.05, 4.69) is 29.9 Å². The van der Waals surface area contributed by atoms with Gasteiger partial charge in [-0.3, -0.25) is 32.4 Å². The number of aromatic amines is 1. The summed E-state index contributed by atoms with van der Waals surface area (Å²) >= 11 is 0. The van der Waals surface area contributed by atoms with Gasteiger partial charge >= 0.3 is 15.6 Å². The number of aliphatic hydroxyl groups excluding tert-OH is 1. The molecular formula is C23H28N10O12P2. The second-order valence-corrected chi connectivity index (χ2v) is 14.5. The maximum Gasteiger partial charge on any atom is 0.473 e. The number of aromatic nitrogens is 8. The number of hydrogen-bond acceptors (Lipinski definition) is 17. The lowest BCUT2D eigenvalue weighted by molar-refractivity contribution is -0.0539. The summed E-state index contributed by atoms with van der Waals surface area (Å²) in [6.45, 7) is -0.988. The number of nitrogens with two attached hydrogens (primary N) is 2. The predicted octanol–water partition coefficient (Wildman–Crippen LogP) is -1.02. The standard InChI is InChI=1S/C23H28N10O12P2/c1-40-13-9(3-34)42-21(33-7-29-11-19(33)30-22(25)31-20(11)35)15(13)44-46(36,37)41-4-23-2-8(23)12(14-16(23)45-47(38,39)43-14)32-6-28-10-17(24)26-5-27-18(10)32/h5-9,12-16,21,34H,2-4H2,1H3,(H,36,37)(H,38,39)(H2,24,26,27)(H3,25,30,31,35)/t8-,9-,12-,13-,14+,15-,16+,21-,23?/m1/s1. The van der Waals surface area contributed by atoms with Crippen LogP contribution >= 0.6 is 15.6 Å². The molecule has 3 unspecified atom stereocenters. The molecule has 252 valence electrons. The van der Waals surface area contributed by atoms with E-state index in [1.807, 2.05) is 0 Å². The smallest absolute Gasteiger partial charge is 0.394 e. The zero-order valence-electron chi connectivity index (χ0n) is 24.2. The molecule has 0 bridgehead atoms. The van der Waals surface area contributed by atoms with Crippen LogP contribution in [0.1, 0.15) is 18.7 Å². The van der Waals surface area contributed by atoms with Gasteiger partial charge in [-0.15, -0.1) is 0 Å². The van der Waals surface area contributed by atoms with Gasteiger partial charge in [-0.25, -0.2) is 29.1 Å². The minimum absolute atomic E-state index is 0.0133. The normalized spacial score (nSPS) is 37.4. The Morgan fingerprint density at radius 1 is 1.15 bits per heavy atom. The summed E-state index contributed by atoms with van der Waals surface area (Å²) in [5.74, 6) is -0.383. The Kier molecular flexibility index (Phi) is 6.94. The molecule has 11 atom stereocenters. The van der Waals surface area contributed by atoms with E-state index in [1.165, 1.54) is 30.7 Å². The van der Waals surface area contributed by atoms with Crippen LogP contribution in [0.3, 0.4) is 0 Å². The van der Waals surface area contributed by atoms with Crippen LogP contribution in [0.25, 0.3) is 22.3 Å². The van der Waals surface area contributed by atoms with Crippen LogP contribution in [-0.2, 0) is 36.7 Å². The van der Waals surface area contributed by atoms with E-state index in [0.29, 0.717) is 17.6 Å². The third-order valence-electron chi connectivity index (χ3n) is 9.22. The number of rotatable bonds is 9. The Hall–Kier alpha value is -3.40. The van der Waals surface area contributed by atoms with Gasteiger partial charge in [-0.05, 0) is 12.3 Å². The molecule has 4 aromatic heterocycles. The molecule has 0 radical (unpaired) electrons. The van der Waals surface area contributed by atoms with Crippen LogP contribution in [0.2, 0.25) is 0 Å². The molecule has 0 spiro atoms. The quantitative estimate of drug-likeness (QED) is 0.114. The van der Waals surface area contributed by atoms with Crippen LogP contribution in [-0.4, -0.2) is 105 Å². The van der Waals surface area contributed by atoms with Crippen molar-refractivity contribution in [3.8, 4) is 0 Å². The molecule has 2 aliphatic carbocycles. The van der Waals surface area contributed by atoms with Gasteiger partial charge in [-0.1, -0.05) is 0 Å². The molecule has 2 saturated heterocycles. The Morgan fingerprint density at radius 2 is 1.91 bits per heavy atom. The van der Waals surface area contributed by atoms with Gasteiger partial charge in [0, 0.05) is 12.5 Å². The van der Waals surface area contributed by atoms with E-state index in [9.17, 15) is 28.8 Å². The number of imidazole rings is 2. The number of aliphatic hydroxyl groups is 1. The summed E-state index contributed by atoms with van der Waals surface area (Å²) in [5, 5.41) is 9.97. The van der Waals surface area contributed by atoms with Crippen molar-refractivity contribution in [2.24, 2.45) is 11.3 Å². The van der Waals surface area contributed by atoms with Crippen molar-refractivity contribution in [1.82, 2.24) is 39.0 Å². The fraction of sp³-hybridized carbons (Fsp3) is 0.565. The van der Waals surface area contributed by atoms with E-state index >= 15 is 0 Å². The number of nitrogens with one attached hydrogen (secondary N) is 1. The molecule has 8 N–H and O–H groups in total. The van der Waals surface area contributed by atoms with Crippen LogP contribution in [0, 0.1) is 11.3 Å². The number of ether oxygens (including phenoxy) is 2. The number of phosphoric ester groups is 2. The molecule has 47 heavy (non-hydrogen) atoms. The second-order valence-electron chi connectivity index (χ2n) is 11.7. The highest BCUT2D eigenvalue weighted by atomic mass is 31.2. The molecule has 6 heterocycles. The Morgan fingerprint density at radius 3 is 2.68 bits per heavy atom. The van der Waals surface area contributed by atoms with E-state index < -0.39 is 82.6 Å². The first-order valence-corrected chi connectivity index (χ1v) is 17.2. The largest absolute Gasteiger partial charge is 0.473 e. The van der Waals surface area contributed by atoms with E-state index in [1.54, 1.807) is 4.57 Å². The van der Waals surface area contributed by atoms with Crippen molar-refractivity contribution in [2.75, 3.05) is 31.8 Å². The fourth-order valence-corrected chi connectivity index (χ4v) is 9.36. The molecule has 22 nitrogen and oxygen atoms in total. The van der Waals surface area contributed by atoms with E-state index in [0.717, 1.165) is 0 Å². The molecule has 0 aromatic carbocycles. The SMILES string of the molecule is CO[C@H]1[C@@H](OP(=O)(O)OCC23C[C@@H]2[C@@H](n2cnc4c(N)ncnc42)[C@@H]2OP(=O)(O)O[C@@H]23)[C@H](n2cnc3c(=O)[nH]c(N)nc32)O[C@@H]1CO. The van der Waals surface area contributed by atoms with Gasteiger partial charge in [0.1, 0.15) is 42.4 Å². The van der Waals surface area contributed by atoms with Crippen LogP contribution in [0.5, 0.6) is 0 Å². The second kappa shape index (κ2) is 10.5. The van der Waals surface area contributed by atoms with Crippen molar-refractivity contribution >= 4 is 49.7 Å². The average molecular weight is 698 g/mol. The number of anilines is 2. The predicted molar refractivity (Wildman–Crippen MR) is 154 cm³/mol. The Bertz CT molecular complexity index is 2060. The van der Waals surface area contributed by atoms with Gasteiger partial charge < -0.3 is 40.4 Å². The van der Waals surface area contributed by atoms with Crippen molar-refractivity contribution in [2.45, 2.75) is 49.2 Å². The topological polar surface area (TPSA) is 309 Å². The summed E-state index contributed by atoms with van der Waals surface area (Å²) in [7, 11) is -8.16. The van der Waals surface area contributed by atoms with Gasteiger partial charge in [0.2, 0.25) is 5.95 Å². The summed E-state index contributed by atoms with van der Waals surface area (Å²) in [5.41, 5.74) is 10.6. The van der Waals surface area contributed by atoms with Crippen LogP contribution in [0.4, 0.5) is 11.8 Å². The number of fused-ring (bicyclic) bond motifs is 5. The molecular weight excluding hydrogens is 670 g/mol. The lowest BCUT2D eigenvalue weighted by atomic mass is 10.0. The fourth-order valence-electron chi connectivity index (χ4n) is 7.16. The number of nitrogens with zero attached hydrogens (tertiary/aromatic N) is 7. The third kappa shape index (κ3) is 4.75. The maximum atomic E-state index is 13.6. The van der Waals surface area contributed by atoms with Gasteiger partial charge in [0.05, 0.1) is 31.9 Å². The van der Waals surface area contributed by atoms with Gasteiger partial charge in [-0.2, -0.15) is 4.98 Å². The van der Waals surface area contributed by atoms with Gasteiger partial charge in [0.25, 0.3) is 5.56 Å². The molecule has 2 aliphatic heterocycles.